The average molecular weight is 282 g/mol. The number of nitrogens with one attached hydrogen (secondary N) is 1. The zero-order valence-corrected chi connectivity index (χ0v) is 13.1. The number of benzene rings is 2. The van der Waals surface area contributed by atoms with Crippen LogP contribution < -0.4 is 10.2 Å². The lowest BCUT2D eigenvalue weighted by Gasteiger charge is -2.22. The number of rotatable bonds is 4. The third-order valence-electron chi connectivity index (χ3n) is 3.65. The lowest BCUT2D eigenvalue weighted by atomic mass is 10.1. The van der Waals surface area contributed by atoms with Gasteiger partial charge in [-0.2, -0.15) is 0 Å². The molecule has 0 unspecified atom stereocenters. The Kier molecular flexibility index (Phi) is 4.63. The molecule has 0 aliphatic rings. The number of amides is 1. The second kappa shape index (κ2) is 6.44. The highest BCUT2D eigenvalue weighted by atomic mass is 16.2. The summed E-state index contributed by atoms with van der Waals surface area (Å²) in [7, 11) is 1.88. The lowest BCUT2D eigenvalue weighted by Crippen LogP contribution is -2.31. The third-order valence-corrected chi connectivity index (χ3v) is 3.65. The van der Waals surface area contributed by atoms with Crippen molar-refractivity contribution in [3.63, 3.8) is 0 Å². The summed E-state index contributed by atoms with van der Waals surface area (Å²) in [5, 5.41) is 3.09. The van der Waals surface area contributed by atoms with Gasteiger partial charge in [-0.05, 0) is 56.7 Å². The predicted octanol–water partition coefficient (Wildman–Crippen LogP) is 4.01. The highest BCUT2D eigenvalue weighted by molar-refractivity contribution is 6.07. The van der Waals surface area contributed by atoms with Crippen molar-refractivity contribution in [3.8, 4) is 0 Å². The minimum absolute atomic E-state index is 0.0431. The van der Waals surface area contributed by atoms with E-state index in [2.05, 4.69) is 5.32 Å². The smallest absolute Gasteiger partial charge is 0.258 e. The molecule has 3 nitrogen and oxygen atoms in total. The minimum Gasteiger partial charge on any atom is -0.388 e. The first-order valence-electron chi connectivity index (χ1n) is 7.23. The van der Waals surface area contributed by atoms with E-state index in [4.69, 9.17) is 0 Å². The first kappa shape index (κ1) is 15.1. The zero-order valence-electron chi connectivity index (χ0n) is 13.1. The zero-order chi connectivity index (χ0) is 15.4. The Labute approximate surface area is 126 Å². The average Bonchev–Trinajstić information content (AvgIpc) is 2.49. The second-order valence-corrected chi connectivity index (χ2v) is 5.16. The molecule has 0 radical (unpaired) electrons. The van der Waals surface area contributed by atoms with Crippen LogP contribution in [0, 0.1) is 13.8 Å². The van der Waals surface area contributed by atoms with E-state index < -0.39 is 0 Å². The summed E-state index contributed by atoms with van der Waals surface area (Å²) in [4.78, 5) is 14.6. The molecule has 3 heteroatoms. The lowest BCUT2D eigenvalue weighted by molar-refractivity contribution is 0.0988. The number of hydrogen-bond acceptors (Lipinski definition) is 2. The fraction of sp³-hybridized carbons (Fsp3) is 0.278. The van der Waals surface area contributed by atoms with Crippen LogP contribution in [0.15, 0.2) is 42.5 Å². The molecular formula is C18H22N2O. The van der Waals surface area contributed by atoms with Gasteiger partial charge >= 0.3 is 0 Å². The van der Waals surface area contributed by atoms with E-state index in [9.17, 15) is 4.79 Å². The maximum absolute atomic E-state index is 12.8. The van der Waals surface area contributed by atoms with Crippen LogP contribution in [0.5, 0.6) is 0 Å². The molecule has 0 saturated heterocycles. The van der Waals surface area contributed by atoms with Gasteiger partial charge in [0.2, 0.25) is 0 Å². The van der Waals surface area contributed by atoms with Crippen LogP contribution in [-0.4, -0.2) is 19.5 Å². The highest BCUT2D eigenvalue weighted by Crippen LogP contribution is 2.21. The van der Waals surface area contributed by atoms with E-state index in [0.29, 0.717) is 6.54 Å². The molecule has 0 aliphatic carbocycles. The van der Waals surface area contributed by atoms with Gasteiger partial charge in [-0.3, -0.25) is 4.79 Å². The van der Waals surface area contributed by atoms with Gasteiger partial charge in [0, 0.05) is 30.5 Å². The van der Waals surface area contributed by atoms with Crippen molar-refractivity contribution in [3.05, 3.63) is 59.2 Å². The molecular weight excluding hydrogens is 260 g/mol. The minimum atomic E-state index is 0.0431. The molecule has 1 N–H and O–H groups in total. The molecule has 0 atom stereocenters. The first-order chi connectivity index (χ1) is 10.1. The fourth-order valence-corrected chi connectivity index (χ4v) is 2.37. The maximum Gasteiger partial charge on any atom is 0.258 e. The molecule has 0 fully saturated rings. The number of carbonyl (C=O) groups is 1. The van der Waals surface area contributed by atoms with Crippen LogP contribution in [0.2, 0.25) is 0 Å². The Morgan fingerprint density at radius 2 is 1.76 bits per heavy atom. The number of hydrogen-bond donors (Lipinski definition) is 1. The van der Waals surface area contributed by atoms with E-state index in [0.717, 1.165) is 22.5 Å². The largest absolute Gasteiger partial charge is 0.388 e. The van der Waals surface area contributed by atoms with E-state index in [1.807, 2.05) is 70.3 Å². The summed E-state index contributed by atoms with van der Waals surface area (Å²) >= 11 is 0. The quantitative estimate of drug-likeness (QED) is 0.919. The number of aryl methyl sites for hydroxylation is 2. The molecule has 0 saturated carbocycles. The van der Waals surface area contributed by atoms with Crippen molar-refractivity contribution in [2.75, 3.05) is 23.8 Å². The van der Waals surface area contributed by atoms with Crippen LogP contribution in [0.25, 0.3) is 0 Å². The van der Waals surface area contributed by atoms with Crippen molar-refractivity contribution >= 4 is 17.3 Å². The van der Waals surface area contributed by atoms with Gasteiger partial charge in [0.15, 0.2) is 0 Å². The Morgan fingerprint density at radius 1 is 1.10 bits per heavy atom. The molecule has 2 aromatic carbocycles. The molecule has 0 spiro atoms. The van der Waals surface area contributed by atoms with E-state index in [1.165, 1.54) is 5.56 Å². The molecule has 21 heavy (non-hydrogen) atoms. The summed E-state index contributed by atoms with van der Waals surface area (Å²) in [6.45, 7) is 6.66. The van der Waals surface area contributed by atoms with Gasteiger partial charge in [-0.1, -0.05) is 17.7 Å². The Hall–Kier alpha value is -2.29. The van der Waals surface area contributed by atoms with E-state index >= 15 is 0 Å². The second-order valence-electron chi connectivity index (χ2n) is 5.16. The Balaban J connectivity index is 2.34. The normalized spacial score (nSPS) is 10.3. The van der Waals surface area contributed by atoms with Crippen LogP contribution in [0.1, 0.15) is 28.4 Å². The van der Waals surface area contributed by atoms with Crippen LogP contribution in [0.3, 0.4) is 0 Å². The molecule has 2 rings (SSSR count). The Morgan fingerprint density at radius 3 is 2.29 bits per heavy atom. The van der Waals surface area contributed by atoms with Crippen LogP contribution in [0.4, 0.5) is 11.4 Å². The van der Waals surface area contributed by atoms with Crippen molar-refractivity contribution in [2.45, 2.75) is 20.8 Å². The highest BCUT2D eigenvalue weighted by Gasteiger charge is 2.17. The van der Waals surface area contributed by atoms with E-state index in [-0.39, 0.29) is 5.91 Å². The topological polar surface area (TPSA) is 32.3 Å². The maximum atomic E-state index is 12.8. The molecule has 1 amide bonds. The fourth-order valence-electron chi connectivity index (χ4n) is 2.37. The predicted molar refractivity (Wildman–Crippen MR) is 89.3 cm³/mol. The molecule has 0 heterocycles. The summed E-state index contributed by atoms with van der Waals surface area (Å²) < 4.78 is 0. The van der Waals surface area contributed by atoms with Crippen molar-refractivity contribution in [1.82, 2.24) is 0 Å². The third kappa shape index (κ3) is 3.24. The van der Waals surface area contributed by atoms with Gasteiger partial charge < -0.3 is 10.2 Å². The van der Waals surface area contributed by atoms with Crippen LogP contribution >= 0.6 is 0 Å². The summed E-state index contributed by atoms with van der Waals surface area (Å²) in [5.74, 6) is 0.0431. The first-order valence-corrected chi connectivity index (χ1v) is 7.23. The van der Waals surface area contributed by atoms with Crippen molar-refractivity contribution in [1.29, 1.82) is 0 Å². The van der Waals surface area contributed by atoms with Crippen molar-refractivity contribution < 1.29 is 4.79 Å². The van der Waals surface area contributed by atoms with E-state index in [1.54, 1.807) is 4.90 Å². The van der Waals surface area contributed by atoms with Crippen LogP contribution in [-0.2, 0) is 0 Å². The summed E-state index contributed by atoms with van der Waals surface area (Å²) in [6, 6.07) is 13.9. The van der Waals surface area contributed by atoms with Gasteiger partial charge in [0.25, 0.3) is 5.91 Å². The summed E-state index contributed by atoms with van der Waals surface area (Å²) in [6.07, 6.45) is 0. The monoisotopic (exact) mass is 282 g/mol. The molecule has 2 aromatic rings. The summed E-state index contributed by atoms with van der Waals surface area (Å²) in [5.41, 5.74) is 4.87. The standard InChI is InChI=1S/C18H22N2O/c1-5-20(16-9-6-13(2)7-10-16)18(21)17-11-8-15(19-4)12-14(17)3/h6-12,19H,5H2,1-4H3. The van der Waals surface area contributed by atoms with Gasteiger partial charge in [-0.15, -0.1) is 0 Å². The van der Waals surface area contributed by atoms with Crippen molar-refractivity contribution in [2.24, 2.45) is 0 Å². The Bertz CT molecular complexity index is 632. The van der Waals surface area contributed by atoms with Gasteiger partial charge in [0.1, 0.15) is 0 Å². The molecule has 0 bridgehead atoms. The molecule has 0 aromatic heterocycles. The number of carbonyl (C=O) groups excluding carboxylic acids is 1. The molecule has 110 valence electrons. The van der Waals surface area contributed by atoms with Gasteiger partial charge in [-0.25, -0.2) is 0 Å². The number of nitrogens with zero attached hydrogens (tertiary/aromatic N) is 1. The SMILES string of the molecule is CCN(C(=O)c1ccc(NC)cc1C)c1ccc(C)cc1. The molecule has 0 aliphatic heterocycles. The number of anilines is 2. The van der Waals surface area contributed by atoms with Gasteiger partial charge in [0.05, 0.1) is 0 Å².